The topological polar surface area (TPSA) is 50.1 Å². The van der Waals surface area contributed by atoms with Gasteiger partial charge in [-0.3, -0.25) is 0 Å². The summed E-state index contributed by atoms with van der Waals surface area (Å²) in [5, 5.41) is 9.01. The molecule has 2 aliphatic rings. The zero-order valence-electron chi connectivity index (χ0n) is 19.7. The number of ether oxygens (including phenoxy) is 1. The smallest absolute Gasteiger partial charge is 0.335 e. The first-order chi connectivity index (χ1) is 16.5. The molecule has 3 heteroatoms. The van der Waals surface area contributed by atoms with Crippen LogP contribution in [0.5, 0.6) is 0 Å². The Morgan fingerprint density at radius 3 is 2.03 bits per heavy atom. The van der Waals surface area contributed by atoms with Crippen LogP contribution in [0.15, 0.2) is 84.5 Å². The highest BCUT2D eigenvalue weighted by atomic mass is 16.5. The number of nitrogens with zero attached hydrogens (tertiary/aromatic N) is 1. The molecule has 3 nitrogen and oxygen atoms in total. The van der Waals surface area contributed by atoms with Gasteiger partial charge in [0.15, 0.2) is 5.76 Å². The van der Waals surface area contributed by atoms with Gasteiger partial charge >= 0.3 is 5.97 Å². The molecule has 34 heavy (non-hydrogen) atoms. The Bertz CT molecular complexity index is 1150. The highest BCUT2D eigenvalue weighted by Gasteiger charge is 2.33. The number of nitriles is 1. The third-order valence-corrected chi connectivity index (χ3v) is 7.24. The van der Waals surface area contributed by atoms with Gasteiger partial charge in [0.05, 0.1) is 11.6 Å². The lowest BCUT2D eigenvalue weighted by molar-refractivity contribution is -0.134. The molecule has 0 unspecified atom stereocenters. The summed E-state index contributed by atoms with van der Waals surface area (Å²) in [6, 6.07) is 9.96. The Balaban J connectivity index is 1.56. The van der Waals surface area contributed by atoms with Crippen LogP contribution in [-0.4, -0.2) is 5.97 Å². The van der Waals surface area contributed by atoms with Gasteiger partial charge in [0.25, 0.3) is 0 Å². The van der Waals surface area contributed by atoms with Crippen LogP contribution in [0.3, 0.4) is 0 Å². The zero-order chi connectivity index (χ0) is 24.3. The molecule has 172 valence electrons. The molecule has 1 aromatic rings. The van der Waals surface area contributed by atoms with E-state index in [0.29, 0.717) is 23.2 Å². The van der Waals surface area contributed by atoms with Gasteiger partial charge in [-0.1, -0.05) is 31.0 Å². The summed E-state index contributed by atoms with van der Waals surface area (Å²) in [6.45, 7) is 11.3. The molecule has 0 radical (unpaired) electrons. The van der Waals surface area contributed by atoms with Crippen LogP contribution in [-0.2, 0) is 9.53 Å². The maximum Gasteiger partial charge on any atom is 0.335 e. The van der Waals surface area contributed by atoms with Crippen LogP contribution in [0.4, 0.5) is 0 Å². The summed E-state index contributed by atoms with van der Waals surface area (Å²) in [4.78, 5) is 11.8. The predicted octanol–water partition coefficient (Wildman–Crippen LogP) is 7.20. The number of esters is 1. The Labute approximate surface area is 203 Å². The summed E-state index contributed by atoms with van der Waals surface area (Å²) in [5.41, 5.74) is 16.4. The van der Waals surface area contributed by atoms with E-state index < -0.39 is 5.97 Å². The van der Waals surface area contributed by atoms with Gasteiger partial charge in [-0.25, -0.2) is 4.79 Å². The van der Waals surface area contributed by atoms with Crippen molar-refractivity contribution in [1.29, 1.82) is 5.26 Å². The minimum Gasteiger partial charge on any atom is -0.418 e. The monoisotopic (exact) mass is 449 g/mol. The minimum atomic E-state index is -0.476. The first-order valence-electron chi connectivity index (χ1n) is 12.0. The normalized spacial score (nSPS) is 23.4. The summed E-state index contributed by atoms with van der Waals surface area (Å²) in [5.74, 6) is 2.14. The van der Waals surface area contributed by atoms with Crippen LogP contribution < -0.4 is 0 Å². The standard InChI is InChI=1S/C31H31NO2/c1-4-6-7-8-9-30(34-31(33)5-2)29-20-18-28(19-21-29)27-16-14-26(15-17-27)23(3)25-12-10-24(22-32)11-13-25/h5,10-13,26-29H,1-3,14-21H2. The molecule has 2 saturated carbocycles. The van der Waals surface area contributed by atoms with Crippen molar-refractivity contribution in [2.24, 2.45) is 23.7 Å². The lowest BCUT2D eigenvalue weighted by atomic mass is 9.67. The van der Waals surface area contributed by atoms with Crippen molar-refractivity contribution in [3.05, 3.63) is 95.6 Å². The van der Waals surface area contributed by atoms with Gasteiger partial charge in [-0.2, -0.15) is 5.26 Å². The Hall–Kier alpha value is -3.70. The van der Waals surface area contributed by atoms with Gasteiger partial charge in [-0.15, -0.1) is 0 Å². The van der Waals surface area contributed by atoms with E-state index in [1.165, 1.54) is 37.3 Å². The van der Waals surface area contributed by atoms with E-state index in [1.807, 2.05) is 24.3 Å². The lowest BCUT2D eigenvalue weighted by Gasteiger charge is -2.38. The zero-order valence-corrected chi connectivity index (χ0v) is 19.7. The number of hydrogen-bond donors (Lipinski definition) is 0. The van der Waals surface area contributed by atoms with Crippen LogP contribution in [0.1, 0.15) is 62.5 Å². The second-order valence-electron chi connectivity index (χ2n) is 9.10. The molecule has 0 amide bonds. The Kier molecular flexibility index (Phi) is 9.18. The van der Waals surface area contributed by atoms with Crippen molar-refractivity contribution < 1.29 is 9.53 Å². The van der Waals surface area contributed by atoms with Crippen LogP contribution in [0.2, 0.25) is 0 Å². The fraction of sp³-hybridized carbons (Fsp3) is 0.387. The predicted molar refractivity (Wildman–Crippen MR) is 134 cm³/mol. The second-order valence-corrected chi connectivity index (χ2v) is 9.10. The lowest BCUT2D eigenvalue weighted by Crippen LogP contribution is -2.27. The first-order valence-corrected chi connectivity index (χ1v) is 12.0. The summed E-state index contributed by atoms with van der Waals surface area (Å²) < 4.78 is 5.45. The van der Waals surface area contributed by atoms with Crippen molar-refractivity contribution in [1.82, 2.24) is 0 Å². The third kappa shape index (κ3) is 6.65. The summed E-state index contributed by atoms with van der Waals surface area (Å²) in [7, 11) is 0. The summed E-state index contributed by atoms with van der Waals surface area (Å²) in [6.07, 6.45) is 10.1. The number of carbonyl (C=O) groups excluding carboxylic acids is 1. The molecule has 0 aromatic heterocycles. The molecule has 0 aliphatic heterocycles. The van der Waals surface area contributed by atoms with Crippen molar-refractivity contribution >= 4 is 11.5 Å². The second kappa shape index (κ2) is 12.5. The summed E-state index contributed by atoms with van der Waals surface area (Å²) >= 11 is 0. The average molecular weight is 450 g/mol. The van der Waals surface area contributed by atoms with E-state index in [0.717, 1.165) is 37.2 Å². The number of allylic oxidation sites excluding steroid dienone is 2. The fourth-order valence-electron chi connectivity index (χ4n) is 5.32. The maximum atomic E-state index is 11.8. The fourth-order valence-corrected chi connectivity index (χ4v) is 5.32. The Morgan fingerprint density at radius 1 is 0.912 bits per heavy atom. The van der Waals surface area contributed by atoms with Gasteiger partial charge in [0.2, 0.25) is 0 Å². The van der Waals surface area contributed by atoms with E-state index in [-0.39, 0.29) is 5.92 Å². The molecule has 0 heterocycles. The van der Waals surface area contributed by atoms with E-state index in [9.17, 15) is 4.79 Å². The van der Waals surface area contributed by atoms with Crippen molar-refractivity contribution in [2.75, 3.05) is 0 Å². The molecule has 0 saturated heterocycles. The average Bonchev–Trinajstić information content (AvgIpc) is 2.90. The molecule has 0 bridgehead atoms. The molecule has 3 rings (SSSR count). The Morgan fingerprint density at radius 2 is 1.50 bits per heavy atom. The van der Waals surface area contributed by atoms with E-state index >= 15 is 0 Å². The van der Waals surface area contributed by atoms with Crippen molar-refractivity contribution in [3.63, 3.8) is 0 Å². The van der Waals surface area contributed by atoms with E-state index in [4.69, 9.17) is 10.00 Å². The van der Waals surface area contributed by atoms with Gasteiger partial charge in [0, 0.05) is 12.0 Å². The van der Waals surface area contributed by atoms with Gasteiger partial charge in [0.1, 0.15) is 0 Å². The molecular weight excluding hydrogens is 418 g/mol. The molecule has 0 atom stereocenters. The minimum absolute atomic E-state index is 0.148. The first kappa shape index (κ1) is 24.9. The van der Waals surface area contributed by atoms with Crippen LogP contribution >= 0.6 is 0 Å². The van der Waals surface area contributed by atoms with E-state index in [1.54, 1.807) is 0 Å². The highest BCUT2D eigenvalue weighted by Crippen LogP contribution is 2.45. The van der Waals surface area contributed by atoms with Crippen molar-refractivity contribution in [2.45, 2.75) is 51.4 Å². The highest BCUT2D eigenvalue weighted by molar-refractivity contribution is 5.82. The van der Waals surface area contributed by atoms with Gasteiger partial charge in [-0.05, 0) is 122 Å². The molecule has 0 N–H and O–H groups in total. The van der Waals surface area contributed by atoms with E-state index in [2.05, 4.69) is 54.5 Å². The number of rotatable bonds is 6. The molecule has 1 aromatic carbocycles. The number of carbonyl (C=O) groups is 1. The quantitative estimate of drug-likeness (QED) is 0.200. The van der Waals surface area contributed by atoms with Crippen LogP contribution in [0.25, 0.3) is 5.57 Å². The molecule has 0 spiro atoms. The molecular formula is C31H31NO2. The number of hydrogen-bond acceptors (Lipinski definition) is 3. The molecule has 2 fully saturated rings. The maximum absolute atomic E-state index is 11.8. The number of benzene rings is 1. The van der Waals surface area contributed by atoms with Crippen LogP contribution in [0, 0.1) is 35.0 Å². The molecule has 2 aliphatic carbocycles. The van der Waals surface area contributed by atoms with Crippen molar-refractivity contribution in [3.8, 4) is 6.07 Å². The van der Waals surface area contributed by atoms with Gasteiger partial charge < -0.3 is 4.74 Å². The largest absolute Gasteiger partial charge is 0.418 e. The third-order valence-electron chi connectivity index (χ3n) is 7.24. The SMILES string of the molecule is C=C=C=C=C=C=C(OC(=O)C=C)C1CCC(C2CCC(C(=C)c3ccc(C#N)cc3)CC2)CC1.